The number of hydrogen-bond acceptors (Lipinski definition) is 5. The van der Waals surface area contributed by atoms with Gasteiger partial charge in [-0.05, 0) is 67.1 Å². The number of piperazine rings is 1. The Morgan fingerprint density at radius 2 is 1.86 bits per heavy atom. The number of carbonyl (C=O) groups is 1. The Hall–Kier alpha value is -3.32. The van der Waals surface area contributed by atoms with Crippen molar-refractivity contribution in [1.29, 1.82) is 0 Å². The van der Waals surface area contributed by atoms with Gasteiger partial charge in [0.1, 0.15) is 0 Å². The summed E-state index contributed by atoms with van der Waals surface area (Å²) in [7, 11) is 2.15. The molecule has 178 valence electrons. The van der Waals surface area contributed by atoms with Gasteiger partial charge < -0.3 is 10.2 Å². The van der Waals surface area contributed by atoms with E-state index in [4.69, 9.17) is 11.6 Å². The highest BCUT2D eigenvalue weighted by molar-refractivity contribution is 6.31. The first-order valence-corrected chi connectivity index (χ1v) is 12.2. The van der Waals surface area contributed by atoms with Crippen LogP contribution in [0.4, 0.5) is 5.69 Å². The summed E-state index contributed by atoms with van der Waals surface area (Å²) in [6.45, 7) is 7.03. The minimum absolute atomic E-state index is 0.185. The molecule has 2 aromatic carbocycles. The highest BCUT2D eigenvalue weighted by Crippen LogP contribution is 2.30. The maximum Gasteiger partial charge on any atom is 0.255 e. The number of likely N-dealkylation sites (N-methyl/N-ethyl adjacent to an activating group) is 1. The van der Waals surface area contributed by atoms with Crippen LogP contribution in [0.1, 0.15) is 21.5 Å². The van der Waals surface area contributed by atoms with Crippen LogP contribution >= 0.6 is 11.6 Å². The highest BCUT2D eigenvalue weighted by atomic mass is 35.5. The maximum absolute atomic E-state index is 13.1. The summed E-state index contributed by atoms with van der Waals surface area (Å²) in [4.78, 5) is 26.8. The quantitative estimate of drug-likeness (QED) is 0.418. The van der Waals surface area contributed by atoms with Crippen LogP contribution in [-0.2, 0) is 6.54 Å². The second-order valence-corrected chi connectivity index (χ2v) is 9.54. The summed E-state index contributed by atoms with van der Waals surface area (Å²) in [5, 5.41) is 4.63. The van der Waals surface area contributed by atoms with Gasteiger partial charge in [0.2, 0.25) is 0 Å². The lowest BCUT2D eigenvalue weighted by Crippen LogP contribution is -2.43. The van der Waals surface area contributed by atoms with Crippen LogP contribution in [0.2, 0.25) is 5.02 Å². The number of benzene rings is 2. The molecular weight excluding hydrogens is 458 g/mol. The summed E-state index contributed by atoms with van der Waals surface area (Å²) in [6, 6.07) is 15.3. The van der Waals surface area contributed by atoms with Crippen LogP contribution < -0.4 is 5.32 Å². The zero-order valence-electron chi connectivity index (χ0n) is 20.0. The van der Waals surface area contributed by atoms with Gasteiger partial charge in [-0.1, -0.05) is 23.7 Å². The van der Waals surface area contributed by atoms with E-state index in [0.29, 0.717) is 16.3 Å². The van der Waals surface area contributed by atoms with Crippen molar-refractivity contribution >= 4 is 34.1 Å². The van der Waals surface area contributed by atoms with Crippen molar-refractivity contribution in [2.45, 2.75) is 13.5 Å². The molecule has 0 aliphatic carbocycles. The number of anilines is 1. The van der Waals surface area contributed by atoms with Crippen molar-refractivity contribution in [2.75, 3.05) is 38.5 Å². The van der Waals surface area contributed by atoms with Gasteiger partial charge in [-0.2, -0.15) is 0 Å². The first-order chi connectivity index (χ1) is 17.0. The Kier molecular flexibility index (Phi) is 6.77. The third-order valence-corrected chi connectivity index (χ3v) is 6.95. The Morgan fingerprint density at radius 1 is 1.03 bits per heavy atom. The topological polar surface area (TPSA) is 61.4 Å². The van der Waals surface area contributed by atoms with E-state index in [9.17, 15) is 4.79 Å². The van der Waals surface area contributed by atoms with Gasteiger partial charge in [-0.15, -0.1) is 0 Å². The lowest BCUT2D eigenvalue weighted by atomic mass is 9.97. The smallest absolute Gasteiger partial charge is 0.255 e. The molecule has 1 aliphatic heterocycles. The SMILES string of the molecule is Cc1ccc(C(=O)Nc2ccc(CN3CCN(C)CC3)c(Cl)c2)cc1-c1cncc2cccnc12. The number of hydrogen-bond donors (Lipinski definition) is 1. The number of aryl methyl sites for hydroxylation is 1. The minimum atomic E-state index is -0.185. The van der Waals surface area contributed by atoms with E-state index in [1.54, 1.807) is 18.6 Å². The number of nitrogens with one attached hydrogen (secondary N) is 1. The zero-order valence-corrected chi connectivity index (χ0v) is 20.7. The van der Waals surface area contributed by atoms with Crippen LogP contribution in [0.15, 0.2) is 67.1 Å². The van der Waals surface area contributed by atoms with Crippen molar-refractivity contribution in [1.82, 2.24) is 19.8 Å². The molecule has 6 nitrogen and oxygen atoms in total. The first-order valence-electron chi connectivity index (χ1n) is 11.8. The van der Waals surface area contributed by atoms with Gasteiger partial charge in [0.05, 0.1) is 5.52 Å². The van der Waals surface area contributed by atoms with E-state index in [2.05, 4.69) is 32.1 Å². The van der Waals surface area contributed by atoms with E-state index in [-0.39, 0.29) is 5.91 Å². The molecule has 7 heteroatoms. The van der Waals surface area contributed by atoms with Crippen LogP contribution in [0.5, 0.6) is 0 Å². The lowest BCUT2D eigenvalue weighted by molar-refractivity contribution is 0.102. The number of aromatic nitrogens is 2. The Bertz CT molecular complexity index is 1380. The maximum atomic E-state index is 13.1. The Labute approximate surface area is 210 Å². The van der Waals surface area contributed by atoms with E-state index in [1.165, 1.54) is 0 Å². The normalized spacial score (nSPS) is 14.8. The molecule has 4 aromatic rings. The molecule has 1 fully saturated rings. The molecule has 1 amide bonds. The van der Waals surface area contributed by atoms with Gasteiger partial charge in [0, 0.05) is 78.5 Å². The predicted octanol–water partition coefficient (Wildman–Crippen LogP) is 5.26. The number of nitrogens with zero attached hydrogens (tertiary/aromatic N) is 4. The summed E-state index contributed by atoms with van der Waals surface area (Å²) in [5.74, 6) is -0.185. The molecule has 35 heavy (non-hydrogen) atoms. The molecule has 1 N–H and O–H groups in total. The predicted molar refractivity (Wildman–Crippen MR) is 142 cm³/mol. The molecular formula is C28H28ClN5O. The van der Waals surface area contributed by atoms with E-state index in [1.807, 2.05) is 55.5 Å². The zero-order chi connectivity index (χ0) is 24.4. The molecule has 0 radical (unpaired) electrons. The van der Waals surface area contributed by atoms with Crippen molar-refractivity contribution < 1.29 is 4.79 Å². The van der Waals surface area contributed by atoms with Gasteiger partial charge >= 0.3 is 0 Å². The Morgan fingerprint density at radius 3 is 2.66 bits per heavy atom. The number of fused-ring (bicyclic) bond motifs is 1. The van der Waals surface area contributed by atoms with E-state index < -0.39 is 0 Å². The first kappa shape index (κ1) is 23.4. The highest BCUT2D eigenvalue weighted by Gasteiger charge is 2.16. The van der Waals surface area contributed by atoms with Crippen molar-refractivity contribution in [3.63, 3.8) is 0 Å². The van der Waals surface area contributed by atoms with Crippen LogP contribution in [0.25, 0.3) is 22.0 Å². The number of halogens is 1. The number of amides is 1. The van der Waals surface area contributed by atoms with Gasteiger partial charge in [0.25, 0.3) is 5.91 Å². The summed E-state index contributed by atoms with van der Waals surface area (Å²) < 4.78 is 0. The molecule has 0 spiro atoms. The standard InChI is InChI=1S/C28H28ClN5O/c1-19-5-6-20(14-24(19)25-17-30-16-21-4-3-9-31-27(21)25)28(35)32-23-8-7-22(26(29)15-23)18-34-12-10-33(2)11-13-34/h3-9,14-17H,10-13,18H2,1-2H3,(H,32,35). The van der Waals surface area contributed by atoms with Crippen LogP contribution in [-0.4, -0.2) is 58.9 Å². The lowest BCUT2D eigenvalue weighted by Gasteiger charge is -2.32. The average Bonchev–Trinajstić information content (AvgIpc) is 2.87. The number of rotatable bonds is 5. The fraction of sp³-hybridized carbons (Fsp3) is 0.250. The van der Waals surface area contributed by atoms with E-state index >= 15 is 0 Å². The molecule has 5 rings (SSSR count). The third kappa shape index (κ3) is 5.20. The molecule has 1 aliphatic rings. The molecule has 0 saturated carbocycles. The largest absolute Gasteiger partial charge is 0.322 e. The molecule has 3 heterocycles. The fourth-order valence-corrected chi connectivity index (χ4v) is 4.69. The van der Waals surface area contributed by atoms with Gasteiger partial charge in [-0.3, -0.25) is 19.7 Å². The third-order valence-electron chi connectivity index (χ3n) is 6.60. The summed E-state index contributed by atoms with van der Waals surface area (Å²) >= 11 is 6.59. The second-order valence-electron chi connectivity index (χ2n) is 9.13. The van der Waals surface area contributed by atoms with Crippen LogP contribution in [0, 0.1) is 6.92 Å². The molecule has 1 saturated heterocycles. The number of carbonyl (C=O) groups excluding carboxylic acids is 1. The monoisotopic (exact) mass is 485 g/mol. The van der Waals surface area contributed by atoms with Crippen molar-refractivity contribution in [3.05, 3.63) is 88.8 Å². The fourth-order valence-electron chi connectivity index (χ4n) is 4.45. The van der Waals surface area contributed by atoms with E-state index in [0.717, 1.165) is 65.9 Å². The molecule has 0 unspecified atom stereocenters. The Balaban J connectivity index is 1.34. The minimum Gasteiger partial charge on any atom is -0.322 e. The van der Waals surface area contributed by atoms with Crippen LogP contribution in [0.3, 0.4) is 0 Å². The molecule has 0 bridgehead atoms. The molecule has 0 atom stereocenters. The number of pyridine rings is 2. The van der Waals surface area contributed by atoms with Crippen molar-refractivity contribution in [2.24, 2.45) is 0 Å². The second kappa shape index (κ2) is 10.1. The average molecular weight is 486 g/mol. The van der Waals surface area contributed by atoms with Gasteiger partial charge in [0.15, 0.2) is 0 Å². The van der Waals surface area contributed by atoms with Crippen molar-refractivity contribution in [3.8, 4) is 11.1 Å². The molecule has 2 aromatic heterocycles. The van der Waals surface area contributed by atoms with Gasteiger partial charge in [-0.25, -0.2) is 0 Å². The summed E-state index contributed by atoms with van der Waals surface area (Å²) in [5.41, 5.74) is 6.09. The summed E-state index contributed by atoms with van der Waals surface area (Å²) in [6.07, 6.45) is 5.38.